The van der Waals surface area contributed by atoms with Crippen LogP contribution in [0.3, 0.4) is 0 Å². The predicted molar refractivity (Wildman–Crippen MR) is 132 cm³/mol. The molecule has 0 heterocycles. The lowest BCUT2D eigenvalue weighted by atomic mass is 10.1. The molecular weight excluding hydrogens is 478 g/mol. The normalized spacial score (nSPS) is 12.3. The lowest BCUT2D eigenvalue weighted by molar-refractivity contribution is -0.141. The van der Waals surface area contributed by atoms with Gasteiger partial charge in [0, 0.05) is 25.2 Å². The Balaban J connectivity index is 2.32. The molecule has 1 atom stereocenters. The van der Waals surface area contributed by atoms with Crippen LogP contribution in [-0.2, 0) is 26.2 Å². The first kappa shape index (κ1) is 27.6. The number of carbonyl (C=O) groups is 2. The first-order valence-corrected chi connectivity index (χ1v) is 12.9. The van der Waals surface area contributed by atoms with Crippen molar-refractivity contribution in [3.63, 3.8) is 0 Å². The topological polar surface area (TPSA) is 96.0 Å². The van der Waals surface area contributed by atoms with Gasteiger partial charge in [0.1, 0.15) is 11.8 Å². The Kier molecular flexibility index (Phi) is 10.3. The Hall–Kier alpha value is -2.62. The Bertz CT molecular complexity index is 1080. The SMILES string of the molecule is CCCNC(=O)C(CC)N(Cc1cccc(OC)c1)C(=O)CN(C)S(=O)(=O)c1ccc(Cl)cc1. The maximum Gasteiger partial charge on any atom is 0.243 e. The molecule has 34 heavy (non-hydrogen) atoms. The third-order valence-electron chi connectivity index (χ3n) is 5.30. The average Bonchev–Trinajstić information content (AvgIpc) is 2.82. The number of amides is 2. The first-order chi connectivity index (χ1) is 16.1. The van der Waals surface area contributed by atoms with Gasteiger partial charge in [-0.3, -0.25) is 9.59 Å². The fourth-order valence-electron chi connectivity index (χ4n) is 3.41. The van der Waals surface area contributed by atoms with E-state index in [0.29, 0.717) is 23.7 Å². The summed E-state index contributed by atoms with van der Waals surface area (Å²) in [5.74, 6) is -0.138. The third kappa shape index (κ3) is 7.19. The summed E-state index contributed by atoms with van der Waals surface area (Å²) in [5, 5.41) is 3.25. The number of carbonyl (C=O) groups excluding carboxylic acids is 2. The predicted octanol–water partition coefficient (Wildman–Crippen LogP) is 3.30. The summed E-state index contributed by atoms with van der Waals surface area (Å²) >= 11 is 5.87. The van der Waals surface area contributed by atoms with Crippen LogP contribution in [0.25, 0.3) is 0 Å². The van der Waals surface area contributed by atoms with Crippen molar-refractivity contribution >= 4 is 33.4 Å². The molecule has 0 saturated carbocycles. The fraction of sp³-hybridized carbons (Fsp3) is 0.417. The molecule has 0 aliphatic carbocycles. The zero-order valence-electron chi connectivity index (χ0n) is 20.0. The average molecular weight is 510 g/mol. The minimum absolute atomic E-state index is 0.0271. The second kappa shape index (κ2) is 12.7. The summed E-state index contributed by atoms with van der Waals surface area (Å²) in [5.41, 5.74) is 0.762. The highest BCUT2D eigenvalue weighted by Crippen LogP contribution is 2.20. The standard InChI is InChI=1S/C24H32ClN3O5S/c1-5-14-26-24(30)22(6-2)28(16-18-8-7-9-20(15-18)33-4)23(29)17-27(3)34(31,32)21-12-10-19(25)11-13-21/h7-13,15,22H,5-6,14,16-17H2,1-4H3,(H,26,30). The molecule has 8 nitrogen and oxygen atoms in total. The van der Waals surface area contributed by atoms with Crippen LogP contribution in [0, 0.1) is 0 Å². The van der Waals surface area contributed by atoms with Crippen LogP contribution in [0.4, 0.5) is 0 Å². The molecule has 0 aliphatic heterocycles. The minimum Gasteiger partial charge on any atom is -0.497 e. The van der Waals surface area contributed by atoms with Crippen LogP contribution < -0.4 is 10.1 Å². The zero-order chi connectivity index (χ0) is 25.3. The van der Waals surface area contributed by atoms with Crippen molar-refractivity contribution in [2.24, 2.45) is 0 Å². The number of nitrogens with one attached hydrogen (secondary N) is 1. The highest BCUT2D eigenvalue weighted by molar-refractivity contribution is 7.89. The van der Waals surface area contributed by atoms with E-state index in [1.807, 2.05) is 19.9 Å². The molecule has 2 amide bonds. The first-order valence-electron chi connectivity index (χ1n) is 11.1. The van der Waals surface area contributed by atoms with Crippen molar-refractivity contribution in [3.05, 3.63) is 59.1 Å². The zero-order valence-corrected chi connectivity index (χ0v) is 21.5. The Morgan fingerprint density at radius 2 is 1.79 bits per heavy atom. The molecule has 0 fully saturated rings. The second-order valence-corrected chi connectivity index (χ2v) is 10.3. The number of likely N-dealkylation sites (N-methyl/N-ethyl adjacent to an activating group) is 1. The van der Waals surface area contributed by atoms with Crippen molar-refractivity contribution in [1.82, 2.24) is 14.5 Å². The molecule has 1 unspecified atom stereocenters. The van der Waals surface area contributed by atoms with E-state index in [0.717, 1.165) is 16.3 Å². The Morgan fingerprint density at radius 3 is 2.38 bits per heavy atom. The number of rotatable bonds is 12. The fourth-order valence-corrected chi connectivity index (χ4v) is 4.65. The number of ether oxygens (including phenoxy) is 1. The molecule has 0 radical (unpaired) electrons. The number of hydrogen-bond donors (Lipinski definition) is 1. The van der Waals surface area contributed by atoms with Gasteiger partial charge in [0.15, 0.2) is 0 Å². The van der Waals surface area contributed by atoms with E-state index in [-0.39, 0.29) is 17.3 Å². The molecule has 1 N–H and O–H groups in total. The van der Waals surface area contributed by atoms with Crippen molar-refractivity contribution in [1.29, 1.82) is 0 Å². The summed E-state index contributed by atoms with van der Waals surface area (Å²) in [7, 11) is -1.04. The second-order valence-electron chi connectivity index (χ2n) is 7.80. The van der Waals surface area contributed by atoms with Crippen molar-refractivity contribution < 1.29 is 22.7 Å². The van der Waals surface area contributed by atoms with E-state index in [4.69, 9.17) is 16.3 Å². The summed E-state index contributed by atoms with van der Waals surface area (Å²) in [4.78, 5) is 27.7. The van der Waals surface area contributed by atoms with E-state index in [2.05, 4.69) is 5.32 Å². The number of nitrogens with zero attached hydrogens (tertiary/aromatic N) is 2. The molecule has 0 aliphatic rings. The lowest BCUT2D eigenvalue weighted by Crippen LogP contribution is -2.51. The van der Waals surface area contributed by atoms with E-state index in [1.54, 1.807) is 25.3 Å². The summed E-state index contributed by atoms with van der Waals surface area (Å²) in [6.45, 7) is 3.95. The van der Waals surface area contributed by atoms with E-state index >= 15 is 0 Å². The van der Waals surface area contributed by atoms with Gasteiger partial charge in [0.25, 0.3) is 0 Å². The van der Waals surface area contributed by atoms with E-state index in [9.17, 15) is 18.0 Å². The van der Waals surface area contributed by atoms with Crippen molar-refractivity contribution in [2.45, 2.75) is 44.2 Å². The van der Waals surface area contributed by atoms with E-state index < -0.39 is 28.5 Å². The van der Waals surface area contributed by atoms with Crippen LogP contribution >= 0.6 is 11.6 Å². The van der Waals surface area contributed by atoms with Gasteiger partial charge in [0.05, 0.1) is 18.6 Å². The maximum atomic E-state index is 13.4. The molecule has 0 spiro atoms. The van der Waals surface area contributed by atoms with Gasteiger partial charge in [-0.1, -0.05) is 37.6 Å². The molecular formula is C24H32ClN3O5S. The van der Waals surface area contributed by atoms with E-state index in [1.165, 1.54) is 36.2 Å². The van der Waals surface area contributed by atoms with Crippen LogP contribution in [0.5, 0.6) is 5.75 Å². The van der Waals surface area contributed by atoms with Crippen LogP contribution in [0.15, 0.2) is 53.4 Å². The number of methoxy groups -OCH3 is 1. The van der Waals surface area contributed by atoms with Gasteiger partial charge in [-0.2, -0.15) is 4.31 Å². The highest BCUT2D eigenvalue weighted by atomic mass is 35.5. The number of halogens is 1. The van der Waals surface area contributed by atoms with Gasteiger partial charge >= 0.3 is 0 Å². The highest BCUT2D eigenvalue weighted by Gasteiger charge is 2.31. The molecule has 0 aromatic heterocycles. The number of hydrogen-bond acceptors (Lipinski definition) is 5. The molecule has 0 bridgehead atoms. The molecule has 2 rings (SSSR count). The number of sulfonamides is 1. The lowest BCUT2D eigenvalue weighted by Gasteiger charge is -2.32. The quantitative estimate of drug-likeness (QED) is 0.473. The van der Waals surface area contributed by atoms with Gasteiger partial charge in [0.2, 0.25) is 21.8 Å². The van der Waals surface area contributed by atoms with Gasteiger partial charge in [-0.05, 0) is 54.8 Å². The summed E-state index contributed by atoms with van der Waals surface area (Å²) in [6, 6.07) is 12.2. The summed E-state index contributed by atoms with van der Waals surface area (Å²) < 4.78 is 32.2. The monoisotopic (exact) mass is 509 g/mol. The third-order valence-corrected chi connectivity index (χ3v) is 7.37. The smallest absolute Gasteiger partial charge is 0.243 e. The molecule has 0 saturated heterocycles. The van der Waals surface area contributed by atoms with Crippen LogP contribution in [-0.4, -0.2) is 62.7 Å². The molecule has 10 heteroatoms. The van der Waals surface area contributed by atoms with Crippen LogP contribution in [0.1, 0.15) is 32.3 Å². The maximum absolute atomic E-state index is 13.4. The Labute approximate surface area is 206 Å². The van der Waals surface area contributed by atoms with Crippen LogP contribution in [0.2, 0.25) is 5.02 Å². The molecule has 2 aromatic rings. The minimum atomic E-state index is -3.93. The summed E-state index contributed by atoms with van der Waals surface area (Å²) in [6.07, 6.45) is 1.13. The van der Waals surface area contributed by atoms with Crippen molar-refractivity contribution in [3.8, 4) is 5.75 Å². The largest absolute Gasteiger partial charge is 0.497 e. The molecule has 186 valence electrons. The van der Waals surface area contributed by atoms with Gasteiger partial charge in [-0.15, -0.1) is 0 Å². The van der Waals surface area contributed by atoms with Crippen molar-refractivity contribution in [2.75, 3.05) is 27.2 Å². The van der Waals surface area contributed by atoms with Gasteiger partial charge in [-0.25, -0.2) is 8.42 Å². The Morgan fingerprint density at radius 1 is 1.12 bits per heavy atom. The number of benzene rings is 2. The molecule has 2 aromatic carbocycles. The van der Waals surface area contributed by atoms with Gasteiger partial charge < -0.3 is 15.0 Å².